The van der Waals surface area contributed by atoms with Gasteiger partial charge in [0.25, 0.3) is 0 Å². The SMILES string of the molecule is CCCC(CCC)NCc1ccc(F)cc1F. The van der Waals surface area contributed by atoms with E-state index in [9.17, 15) is 8.78 Å². The van der Waals surface area contributed by atoms with E-state index in [0.717, 1.165) is 31.7 Å². The predicted molar refractivity (Wildman–Crippen MR) is 66.8 cm³/mol. The van der Waals surface area contributed by atoms with Crippen molar-refractivity contribution in [2.24, 2.45) is 0 Å². The van der Waals surface area contributed by atoms with Crippen LogP contribution in [0.4, 0.5) is 8.78 Å². The van der Waals surface area contributed by atoms with Gasteiger partial charge in [-0.05, 0) is 18.9 Å². The van der Waals surface area contributed by atoms with Crippen molar-refractivity contribution in [3.8, 4) is 0 Å². The summed E-state index contributed by atoms with van der Waals surface area (Å²) in [5.41, 5.74) is 0.531. The number of halogens is 2. The Labute approximate surface area is 102 Å². The fourth-order valence-corrected chi connectivity index (χ4v) is 1.96. The van der Waals surface area contributed by atoms with E-state index in [-0.39, 0.29) is 0 Å². The zero-order chi connectivity index (χ0) is 12.7. The predicted octanol–water partition coefficient (Wildman–Crippen LogP) is 4.02. The standard InChI is InChI=1S/C14H21F2N/c1-3-5-13(6-4-2)17-10-11-7-8-12(15)9-14(11)16/h7-9,13,17H,3-6,10H2,1-2H3. The van der Waals surface area contributed by atoms with Gasteiger partial charge in [0, 0.05) is 24.2 Å². The van der Waals surface area contributed by atoms with Gasteiger partial charge in [-0.2, -0.15) is 0 Å². The molecule has 0 saturated carbocycles. The molecule has 0 aromatic heterocycles. The highest BCUT2D eigenvalue weighted by Gasteiger charge is 2.08. The highest BCUT2D eigenvalue weighted by atomic mass is 19.1. The molecule has 96 valence electrons. The maximum atomic E-state index is 13.4. The third-order valence-electron chi connectivity index (χ3n) is 2.87. The molecule has 1 aromatic rings. The highest BCUT2D eigenvalue weighted by Crippen LogP contribution is 2.11. The molecule has 1 nitrogen and oxygen atoms in total. The summed E-state index contributed by atoms with van der Waals surface area (Å²) in [5.74, 6) is -0.992. The monoisotopic (exact) mass is 241 g/mol. The van der Waals surface area contributed by atoms with Gasteiger partial charge in [0.05, 0.1) is 0 Å². The summed E-state index contributed by atoms with van der Waals surface area (Å²) in [6.45, 7) is 4.75. The van der Waals surface area contributed by atoms with E-state index < -0.39 is 11.6 Å². The molecule has 0 aliphatic carbocycles. The number of hydrogen-bond donors (Lipinski definition) is 1. The van der Waals surface area contributed by atoms with Crippen LogP contribution in [0.25, 0.3) is 0 Å². The number of hydrogen-bond acceptors (Lipinski definition) is 1. The molecule has 0 atom stereocenters. The number of benzene rings is 1. The van der Waals surface area contributed by atoms with Crippen molar-refractivity contribution in [2.45, 2.75) is 52.1 Å². The van der Waals surface area contributed by atoms with Gasteiger partial charge >= 0.3 is 0 Å². The first-order valence-electron chi connectivity index (χ1n) is 6.34. The molecule has 0 amide bonds. The Kier molecular flexibility index (Phi) is 6.12. The summed E-state index contributed by atoms with van der Waals surface area (Å²) >= 11 is 0. The van der Waals surface area contributed by atoms with E-state index in [1.165, 1.54) is 12.1 Å². The minimum Gasteiger partial charge on any atom is -0.310 e. The Morgan fingerprint density at radius 3 is 2.29 bits per heavy atom. The smallest absolute Gasteiger partial charge is 0.130 e. The van der Waals surface area contributed by atoms with E-state index >= 15 is 0 Å². The second-order valence-electron chi connectivity index (χ2n) is 4.39. The lowest BCUT2D eigenvalue weighted by Crippen LogP contribution is -2.28. The van der Waals surface area contributed by atoms with Crippen molar-refractivity contribution in [2.75, 3.05) is 0 Å². The van der Waals surface area contributed by atoms with E-state index in [1.54, 1.807) is 0 Å². The lowest BCUT2D eigenvalue weighted by molar-refractivity contribution is 0.437. The number of rotatable bonds is 7. The van der Waals surface area contributed by atoms with Crippen LogP contribution in [0.15, 0.2) is 18.2 Å². The quantitative estimate of drug-likeness (QED) is 0.760. The molecule has 0 aliphatic rings. The highest BCUT2D eigenvalue weighted by molar-refractivity contribution is 5.18. The van der Waals surface area contributed by atoms with Crippen LogP contribution in [0.5, 0.6) is 0 Å². The van der Waals surface area contributed by atoms with E-state index in [0.29, 0.717) is 18.2 Å². The van der Waals surface area contributed by atoms with Crippen LogP contribution in [0.1, 0.15) is 45.1 Å². The number of nitrogens with one attached hydrogen (secondary N) is 1. The van der Waals surface area contributed by atoms with Gasteiger partial charge in [-0.1, -0.05) is 32.8 Å². The van der Waals surface area contributed by atoms with Gasteiger partial charge in [-0.25, -0.2) is 8.78 Å². The summed E-state index contributed by atoms with van der Waals surface area (Å²) in [7, 11) is 0. The summed E-state index contributed by atoms with van der Waals surface area (Å²) in [6.07, 6.45) is 4.42. The molecule has 0 heterocycles. The Balaban J connectivity index is 2.52. The normalized spacial score (nSPS) is 11.1. The largest absolute Gasteiger partial charge is 0.310 e. The van der Waals surface area contributed by atoms with E-state index in [4.69, 9.17) is 0 Å². The lowest BCUT2D eigenvalue weighted by Gasteiger charge is -2.17. The third-order valence-corrected chi connectivity index (χ3v) is 2.87. The summed E-state index contributed by atoms with van der Waals surface area (Å²) in [4.78, 5) is 0. The van der Waals surface area contributed by atoms with Gasteiger partial charge in [0.1, 0.15) is 11.6 Å². The van der Waals surface area contributed by atoms with E-state index in [1.807, 2.05) is 0 Å². The molecular weight excluding hydrogens is 220 g/mol. The molecule has 0 unspecified atom stereocenters. The minimum atomic E-state index is -0.523. The molecule has 0 saturated heterocycles. The van der Waals surface area contributed by atoms with Crippen molar-refractivity contribution in [3.63, 3.8) is 0 Å². The Bertz CT molecular complexity index is 333. The molecule has 1 rings (SSSR count). The Hall–Kier alpha value is -0.960. The average molecular weight is 241 g/mol. The first kappa shape index (κ1) is 14.1. The Morgan fingerprint density at radius 2 is 1.76 bits per heavy atom. The van der Waals surface area contributed by atoms with Gasteiger partial charge < -0.3 is 5.32 Å². The van der Waals surface area contributed by atoms with Crippen LogP contribution in [0.2, 0.25) is 0 Å². The second-order valence-corrected chi connectivity index (χ2v) is 4.39. The first-order valence-corrected chi connectivity index (χ1v) is 6.34. The molecule has 0 fully saturated rings. The van der Waals surface area contributed by atoms with Crippen molar-refractivity contribution in [1.82, 2.24) is 5.32 Å². The van der Waals surface area contributed by atoms with Crippen molar-refractivity contribution in [3.05, 3.63) is 35.4 Å². The summed E-state index contributed by atoms with van der Waals surface area (Å²) in [5, 5.41) is 3.34. The third kappa shape index (κ3) is 4.82. The summed E-state index contributed by atoms with van der Waals surface area (Å²) in [6, 6.07) is 4.17. The van der Waals surface area contributed by atoms with Crippen molar-refractivity contribution < 1.29 is 8.78 Å². The fourth-order valence-electron chi connectivity index (χ4n) is 1.96. The lowest BCUT2D eigenvalue weighted by atomic mass is 10.1. The van der Waals surface area contributed by atoms with Crippen LogP contribution in [0, 0.1) is 11.6 Å². The molecular formula is C14H21F2N. The molecule has 0 spiro atoms. The van der Waals surface area contributed by atoms with Gasteiger partial charge in [-0.3, -0.25) is 0 Å². The summed E-state index contributed by atoms with van der Waals surface area (Å²) < 4.78 is 26.1. The van der Waals surface area contributed by atoms with Crippen LogP contribution < -0.4 is 5.32 Å². The van der Waals surface area contributed by atoms with Crippen LogP contribution in [-0.2, 0) is 6.54 Å². The van der Waals surface area contributed by atoms with Gasteiger partial charge in [0.15, 0.2) is 0 Å². The second kappa shape index (κ2) is 7.38. The molecule has 1 N–H and O–H groups in total. The van der Waals surface area contributed by atoms with Gasteiger partial charge in [0.2, 0.25) is 0 Å². The minimum absolute atomic E-state index is 0.425. The Morgan fingerprint density at radius 1 is 1.12 bits per heavy atom. The zero-order valence-electron chi connectivity index (χ0n) is 10.6. The maximum absolute atomic E-state index is 13.4. The molecule has 0 bridgehead atoms. The molecule has 17 heavy (non-hydrogen) atoms. The van der Waals surface area contributed by atoms with Gasteiger partial charge in [-0.15, -0.1) is 0 Å². The first-order chi connectivity index (χ1) is 8.17. The van der Waals surface area contributed by atoms with E-state index in [2.05, 4.69) is 19.2 Å². The molecule has 1 aromatic carbocycles. The average Bonchev–Trinajstić information content (AvgIpc) is 2.28. The zero-order valence-corrected chi connectivity index (χ0v) is 10.6. The molecule has 3 heteroatoms. The maximum Gasteiger partial charge on any atom is 0.130 e. The van der Waals surface area contributed by atoms with Crippen LogP contribution in [-0.4, -0.2) is 6.04 Å². The van der Waals surface area contributed by atoms with Crippen LogP contribution in [0.3, 0.4) is 0 Å². The van der Waals surface area contributed by atoms with Crippen molar-refractivity contribution in [1.29, 1.82) is 0 Å². The van der Waals surface area contributed by atoms with Crippen molar-refractivity contribution >= 4 is 0 Å². The topological polar surface area (TPSA) is 12.0 Å². The van der Waals surface area contributed by atoms with Crippen LogP contribution >= 0.6 is 0 Å². The molecule has 0 radical (unpaired) electrons. The molecule has 0 aliphatic heterocycles. The fraction of sp³-hybridized carbons (Fsp3) is 0.571.